The summed E-state index contributed by atoms with van der Waals surface area (Å²) in [5, 5.41) is 3.67. The van der Waals surface area contributed by atoms with E-state index in [1.54, 1.807) is 17.5 Å². The summed E-state index contributed by atoms with van der Waals surface area (Å²) in [5.74, 6) is 0. The maximum atomic E-state index is 12.6. The lowest BCUT2D eigenvalue weighted by Crippen LogP contribution is -2.16. The zero-order valence-electron chi connectivity index (χ0n) is 13.5. The van der Waals surface area contributed by atoms with Crippen LogP contribution in [0.2, 0.25) is 0 Å². The van der Waals surface area contributed by atoms with Crippen molar-refractivity contribution in [2.45, 2.75) is 4.21 Å². The number of thiophene rings is 1. The first kappa shape index (κ1) is 17.0. The number of nitrogens with zero attached hydrogens (tertiary/aromatic N) is 2. The zero-order chi connectivity index (χ0) is 18.0. The van der Waals surface area contributed by atoms with Gasteiger partial charge in [-0.2, -0.15) is 8.42 Å². The maximum absolute atomic E-state index is 12.6. The molecule has 0 saturated heterocycles. The van der Waals surface area contributed by atoms with E-state index in [-0.39, 0.29) is 4.21 Å². The molecular formula is C19H14N2O2S3. The maximum Gasteiger partial charge on any atom is 0.294 e. The van der Waals surface area contributed by atoms with Crippen molar-refractivity contribution in [1.82, 2.24) is 4.57 Å². The van der Waals surface area contributed by atoms with Crippen LogP contribution in [0.5, 0.6) is 0 Å². The van der Waals surface area contributed by atoms with Gasteiger partial charge in [-0.25, -0.2) is 0 Å². The van der Waals surface area contributed by atoms with Crippen molar-refractivity contribution in [3.63, 3.8) is 0 Å². The van der Waals surface area contributed by atoms with Crippen LogP contribution in [-0.4, -0.2) is 13.0 Å². The van der Waals surface area contributed by atoms with Gasteiger partial charge in [0.05, 0.1) is 5.69 Å². The van der Waals surface area contributed by atoms with Crippen LogP contribution in [0, 0.1) is 0 Å². The molecule has 2 aromatic heterocycles. The van der Waals surface area contributed by atoms with Gasteiger partial charge < -0.3 is 0 Å². The highest BCUT2D eigenvalue weighted by Crippen LogP contribution is 2.24. The number of benzene rings is 2. The third-order valence-electron chi connectivity index (χ3n) is 3.74. The Hall–Kier alpha value is -2.48. The molecule has 4 rings (SSSR count). The summed E-state index contributed by atoms with van der Waals surface area (Å²) in [6.45, 7) is 0. The van der Waals surface area contributed by atoms with E-state index in [2.05, 4.69) is 4.40 Å². The van der Waals surface area contributed by atoms with Gasteiger partial charge in [0.15, 0.2) is 0 Å². The molecule has 0 amide bonds. The average Bonchev–Trinajstić information content (AvgIpc) is 3.33. The van der Waals surface area contributed by atoms with Crippen LogP contribution in [0.4, 0.5) is 0 Å². The van der Waals surface area contributed by atoms with Gasteiger partial charge in [-0.3, -0.25) is 4.57 Å². The molecule has 0 aliphatic rings. The van der Waals surface area contributed by atoms with E-state index in [4.69, 9.17) is 0 Å². The van der Waals surface area contributed by atoms with Crippen molar-refractivity contribution < 1.29 is 8.42 Å². The van der Waals surface area contributed by atoms with E-state index in [1.165, 1.54) is 22.7 Å². The number of hydrogen-bond donors (Lipinski definition) is 0. The van der Waals surface area contributed by atoms with Crippen LogP contribution in [-0.2, 0) is 10.0 Å². The predicted octanol–water partition coefficient (Wildman–Crippen LogP) is 4.56. The number of hydrogen-bond acceptors (Lipinski definition) is 4. The van der Waals surface area contributed by atoms with Crippen LogP contribution >= 0.6 is 22.7 Å². The SMILES string of the molecule is O=S(=O)(/N=c1/scc(-c2ccccc2)n1-c1ccccc1)c1cccs1. The van der Waals surface area contributed by atoms with Gasteiger partial charge in [-0.05, 0) is 29.1 Å². The number of aromatic nitrogens is 1. The van der Waals surface area contributed by atoms with E-state index >= 15 is 0 Å². The molecule has 0 saturated carbocycles. The van der Waals surface area contributed by atoms with Gasteiger partial charge in [0, 0.05) is 11.1 Å². The lowest BCUT2D eigenvalue weighted by atomic mass is 10.1. The monoisotopic (exact) mass is 398 g/mol. The van der Waals surface area contributed by atoms with Gasteiger partial charge in [0.2, 0.25) is 4.80 Å². The Balaban J connectivity index is 1.97. The van der Waals surface area contributed by atoms with Crippen LogP contribution in [0.25, 0.3) is 16.9 Å². The smallest absolute Gasteiger partial charge is 0.284 e. The normalized spacial score (nSPS) is 12.4. The molecule has 2 aromatic carbocycles. The Morgan fingerprint density at radius 2 is 1.50 bits per heavy atom. The molecule has 7 heteroatoms. The fourth-order valence-corrected chi connectivity index (χ4v) is 5.65. The molecule has 0 radical (unpaired) electrons. The second kappa shape index (κ2) is 7.03. The summed E-state index contributed by atoms with van der Waals surface area (Å²) in [7, 11) is -3.74. The predicted molar refractivity (Wildman–Crippen MR) is 106 cm³/mol. The van der Waals surface area contributed by atoms with Crippen molar-refractivity contribution in [2.75, 3.05) is 0 Å². The third-order valence-corrected chi connectivity index (χ3v) is 7.32. The van der Waals surface area contributed by atoms with Crippen LogP contribution in [0.3, 0.4) is 0 Å². The minimum Gasteiger partial charge on any atom is -0.284 e. The Bertz CT molecular complexity index is 1170. The molecule has 0 bridgehead atoms. The lowest BCUT2D eigenvalue weighted by Gasteiger charge is -2.09. The quantitative estimate of drug-likeness (QED) is 0.506. The van der Waals surface area contributed by atoms with Crippen LogP contribution < -0.4 is 4.80 Å². The molecular weight excluding hydrogens is 384 g/mol. The zero-order valence-corrected chi connectivity index (χ0v) is 16.0. The summed E-state index contributed by atoms with van der Waals surface area (Å²) in [6.07, 6.45) is 0. The Kier molecular flexibility index (Phi) is 4.58. The number of sulfonamides is 1. The first-order valence-corrected chi connectivity index (χ1v) is 11.0. The number of thiazole rings is 1. The number of rotatable bonds is 4. The summed E-state index contributed by atoms with van der Waals surface area (Å²) >= 11 is 2.48. The third kappa shape index (κ3) is 3.29. The van der Waals surface area contributed by atoms with E-state index in [1.807, 2.05) is 70.6 Å². The standard InChI is InChI=1S/C19H14N2O2S3/c22-26(23,18-12-7-13-24-18)20-19-21(16-10-5-2-6-11-16)17(14-25-19)15-8-3-1-4-9-15/h1-14H/b20-19+. The second-order valence-corrected chi connectivity index (χ2v) is 9.05. The minimum atomic E-state index is -3.74. The molecule has 4 nitrogen and oxygen atoms in total. The van der Waals surface area contributed by atoms with Crippen molar-refractivity contribution in [3.05, 3.63) is 88.4 Å². The van der Waals surface area contributed by atoms with E-state index < -0.39 is 10.0 Å². The largest absolute Gasteiger partial charge is 0.294 e. The molecule has 0 atom stereocenters. The molecule has 2 heterocycles. The van der Waals surface area contributed by atoms with Gasteiger partial charge in [-0.1, -0.05) is 54.6 Å². The van der Waals surface area contributed by atoms with Gasteiger partial charge in [0.1, 0.15) is 4.21 Å². The van der Waals surface area contributed by atoms with E-state index in [0.717, 1.165) is 16.9 Å². The highest BCUT2D eigenvalue weighted by molar-refractivity contribution is 7.92. The summed E-state index contributed by atoms with van der Waals surface area (Å²) in [5.41, 5.74) is 2.78. The molecule has 0 fully saturated rings. The second-order valence-electron chi connectivity index (χ2n) is 5.44. The Morgan fingerprint density at radius 1 is 0.808 bits per heavy atom. The van der Waals surface area contributed by atoms with Gasteiger partial charge in [0.25, 0.3) is 10.0 Å². The minimum absolute atomic E-state index is 0.242. The highest BCUT2D eigenvalue weighted by atomic mass is 32.2. The van der Waals surface area contributed by atoms with Crippen molar-refractivity contribution in [2.24, 2.45) is 4.40 Å². The molecule has 0 spiro atoms. The molecule has 4 aromatic rings. The summed E-state index contributed by atoms with van der Waals surface area (Å²) in [6, 6.07) is 22.8. The van der Waals surface area contributed by atoms with Crippen molar-refractivity contribution >= 4 is 32.7 Å². The average molecular weight is 399 g/mol. The van der Waals surface area contributed by atoms with Crippen LogP contribution in [0.1, 0.15) is 0 Å². The summed E-state index contributed by atoms with van der Waals surface area (Å²) < 4.78 is 31.5. The Morgan fingerprint density at radius 3 is 2.15 bits per heavy atom. The summed E-state index contributed by atoms with van der Waals surface area (Å²) in [4.78, 5) is 0.420. The van der Waals surface area contributed by atoms with Gasteiger partial charge in [-0.15, -0.1) is 27.1 Å². The fourth-order valence-electron chi connectivity index (χ4n) is 2.57. The molecule has 26 heavy (non-hydrogen) atoms. The van der Waals surface area contributed by atoms with E-state index in [0.29, 0.717) is 4.80 Å². The van der Waals surface area contributed by atoms with Crippen molar-refractivity contribution in [3.8, 4) is 16.9 Å². The van der Waals surface area contributed by atoms with Crippen LogP contribution in [0.15, 0.2) is 92.2 Å². The molecule has 0 unspecified atom stereocenters. The fraction of sp³-hybridized carbons (Fsp3) is 0. The van der Waals surface area contributed by atoms with Gasteiger partial charge >= 0.3 is 0 Å². The highest BCUT2D eigenvalue weighted by Gasteiger charge is 2.16. The molecule has 0 N–H and O–H groups in total. The molecule has 0 aliphatic heterocycles. The molecule has 0 aliphatic carbocycles. The Labute approximate surface area is 159 Å². The van der Waals surface area contributed by atoms with E-state index in [9.17, 15) is 8.42 Å². The first-order chi connectivity index (χ1) is 12.6. The number of para-hydroxylation sites is 1. The topological polar surface area (TPSA) is 51.4 Å². The molecule has 130 valence electrons. The lowest BCUT2D eigenvalue weighted by molar-refractivity contribution is 0.598. The first-order valence-electron chi connectivity index (χ1n) is 7.81. The van der Waals surface area contributed by atoms with Crippen molar-refractivity contribution in [1.29, 1.82) is 0 Å².